The molecule has 0 amide bonds. The van der Waals surface area contributed by atoms with Gasteiger partial charge in [-0.3, -0.25) is 0 Å². The molecular weight excluding hydrogens is 605 g/mol. The molecule has 0 aliphatic carbocycles. The minimum Gasteiger partial charge on any atom is 0 e. The van der Waals surface area contributed by atoms with Gasteiger partial charge in [-0.2, -0.15) is 0 Å². The van der Waals surface area contributed by atoms with E-state index in [4.69, 9.17) is 0 Å². The van der Waals surface area contributed by atoms with Crippen LogP contribution < -0.4 is 0 Å². The summed E-state index contributed by atoms with van der Waals surface area (Å²) in [5, 5.41) is 0. The fourth-order valence-corrected chi connectivity index (χ4v) is 0. The van der Waals surface area contributed by atoms with Gasteiger partial charge >= 0.3 is 0 Å². The first-order valence-corrected chi connectivity index (χ1v) is 0. The normalized spacial score (nSPS) is 0. The molecule has 3 radical (unpaired) electrons. The average molecular weight is 605 g/mol. The van der Waals surface area contributed by atoms with Crippen molar-refractivity contribution in [2.24, 2.45) is 0 Å². The second-order valence-electron chi connectivity index (χ2n) is 0. The van der Waals surface area contributed by atoms with Crippen molar-refractivity contribution in [3.05, 3.63) is 0 Å². The molecule has 6 heteroatoms. The minimum absolute atomic E-state index is 0. The molecule has 0 saturated carbocycles. The van der Waals surface area contributed by atoms with Crippen LogP contribution in [0.2, 0.25) is 0 Å². The van der Waals surface area contributed by atoms with Crippen LogP contribution in [0.4, 0.5) is 0 Å². The van der Waals surface area contributed by atoms with E-state index in [-0.39, 0.29) is 125 Å². The third-order valence-electron chi connectivity index (χ3n) is 0. The summed E-state index contributed by atoms with van der Waals surface area (Å²) in [6.07, 6.45) is 0. The molecule has 0 aliphatic rings. The van der Waals surface area contributed by atoms with E-state index in [1.807, 2.05) is 0 Å². The molecule has 0 heterocycles. The molecule has 47 valence electrons. The van der Waals surface area contributed by atoms with Crippen LogP contribution in [0.15, 0.2) is 0 Å². The van der Waals surface area contributed by atoms with Crippen LogP contribution in [0, 0.1) is 0 Å². The van der Waals surface area contributed by atoms with E-state index in [1.54, 1.807) is 0 Å². The Morgan fingerprint density at radius 2 is 1.00 bits per heavy atom. The van der Waals surface area contributed by atoms with Crippen molar-refractivity contribution in [2.45, 2.75) is 0 Å². The first kappa shape index (κ1) is 50.3. The summed E-state index contributed by atoms with van der Waals surface area (Å²) in [5.41, 5.74) is 0. The van der Waals surface area contributed by atoms with Crippen molar-refractivity contribution in [1.82, 2.24) is 0 Å². The molecule has 0 bridgehead atoms. The molecule has 0 rings (SSSR count). The Bertz CT molecular complexity index is 15.5. The molecule has 0 nitrogen and oxygen atoms in total. The zero-order valence-corrected chi connectivity index (χ0v) is 15.2. The van der Waals surface area contributed by atoms with Crippen molar-refractivity contribution < 1.29 is 125 Å². The van der Waals surface area contributed by atoms with Gasteiger partial charge in [-0.25, -0.2) is 0 Å². The van der Waals surface area contributed by atoms with Crippen molar-refractivity contribution in [2.75, 3.05) is 0 Å². The summed E-state index contributed by atoms with van der Waals surface area (Å²) in [5.74, 6) is 0. The molecule has 0 N–H and O–H groups in total. The molecule has 6 heavy (non-hydrogen) atoms. The Balaban J connectivity index is 0. The molecule has 0 aromatic rings. The zero-order valence-electron chi connectivity index (χ0n) is 2.63. The van der Waals surface area contributed by atoms with Gasteiger partial charge in [0.2, 0.25) is 0 Å². The maximum absolute atomic E-state index is 0. The van der Waals surface area contributed by atoms with Gasteiger partial charge in [0, 0.05) is 125 Å². The van der Waals surface area contributed by atoms with Gasteiger partial charge in [-0.05, 0) is 0 Å². The number of rotatable bonds is 0. The summed E-state index contributed by atoms with van der Waals surface area (Å²) in [6, 6.07) is 0. The van der Waals surface area contributed by atoms with Gasteiger partial charge in [0.05, 0.1) is 0 Å². The summed E-state index contributed by atoms with van der Waals surface area (Å²) in [7, 11) is 0. The predicted octanol–water partition coefficient (Wildman–Crippen LogP) is -0.0150. The first-order valence-electron chi connectivity index (χ1n) is 0. The monoisotopic (exact) mass is 603 g/mol. The third kappa shape index (κ3) is 24.4. The summed E-state index contributed by atoms with van der Waals surface area (Å²) in [6.45, 7) is 0. The van der Waals surface area contributed by atoms with Gasteiger partial charge in [0.25, 0.3) is 0 Å². The molecule has 0 spiro atoms. The standard InChI is InChI=1S/Ag.Au.Cd.Cu.Ni.Zn. The largest absolute Gasteiger partial charge is 0 e. The van der Waals surface area contributed by atoms with Gasteiger partial charge in [-0.1, -0.05) is 0 Å². The van der Waals surface area contributed by atoms with Crippen molar-refractivity contribution in [3.8, 4) is 0 Å². The van der Waals surface area contributed by atoms with E-state index >= 15 is 0 Å². The van der Waals surface area contributed by atoms with Gasteiger partial charge in [0.15, 0.2) is 0 Å². The van der Waals surface area contributed by atoms with Crippen LogP contribution in [0.25, 0.3) is 0 Å². The van der Waals surface area contributed by atoms with E-state index in [0.717, 1.165) is 0 Å². The topological polar surface area (TPSA) is 0 Å². The quantitative estimate of drug-likeness (QED) is 0.342. The molecule has 0 aliphatic heterocycles. The Morgan fingerprint density at radius 1 is 1.00 bits per heavy atom. The van der Waals surface area contributed by atoms with E-state index in [0.29, 0.717) is 0 Å². The van der Waals surface area contributed by atoms with Gasteiger partial charge < -0.3 is 0 Å². The SMILES string of the molecule is [Ag].[Au].[Cd].[Cu].[Ni].[Zn]. The van der Waals surface area contributed by atoms with Crippen LogP contribution in [0.3, 0.4) is 0 Å². The second-order valence-corrected chi connectivity index (χ2v) is 0. The van der Waals surface area contributed by atoms with Crippen LogP contribution in [0.1, 0.15) is 0 Å². The maximum Gasteiger partial charge on any atom is 0 e. The van der Waals surface area contributed by atoms with Crippen LogP contribution in [-0.2, 0) is 125 Å². The van der Waals surface area contributed by atoms with Gasteiger partial charge in [0.1, 0.15) is 0 Å². The van der Waals surface area contributed by atoms with Crippen LogP contribution >= 0.6 is 0 Å². The molecule has 0 aromatic heterocycles. The zero-order chi connectivity index (χ0) is 0. The Kier molecular flexibility index (Phi) is 300. The first-order chi connectivity index (χ1) is 0. The smallest absolute Gasteiger partial charge is 0 e. The van der Waals surface area contributed by atoms with E-state index in [1.165, 1.54) is 0 Å². The Labute approximate surface area is 122 Å². The van der Waals surface area contributed by atoms with E-state index in [2.05, 4.69) is 0 Å². The molecule has 0 atom stereocenters. The maximum atomic E-state index is 0. The number of hydrogen-bond donors (Lipinski definition) is 0. The summed E-state index contributed by atoms with van der Waals surface area (Å²) < 4.78 is 0. The minimum atomic E-state index is 0. The Hall–Kier alpha value is 4.04. The molecular formula is AgAuCdCuNiZn. The van der Waals surface area contributed by atoms with E-state index < -0.39 is 0 Å². The molecule has 0 saturated heterocycles. The predicted molar refractivity (Wildman–Crippen MR) is 0 cm³/mol. The third-order valence-corrected chi connectivity index (χ3v) is 0. The molecule has 0 fully saturated rings. The van der Waals surface area contributed by atoms with Crippen LogP contribution in [-0.4, -0.2) is 0 Å². The fraction of sp³-hybridized carbons (Fsp3) is 0. The van der Waals surface area contributed by atoms with Crippen LogP contribution in [0.5, 0.6) is 0 Å². The van der Waals surface area contributed by atoms with Crippen molar-refractivity contribution >= 4 is 0 Å². The second kappa shape index (κ2) is 35.8. The van der Waals surface area contributed by atoms with Gasteiger partial charge in [-0.15, -0.1) is 0 Å². The average Bonchev–Trinajstić information content (AvgIpc) is 0. The fourth-order valence-electron chi connectivity index (χ4n) is 0. The summed E-state index contributed by atoms with van der Waals surface area (Å²) in [4.78, 5) is 0. The van der Waals surface area contributed by atoms with Crippen molar-refractivity contribution in [1.29, 1.82) is 0 Å². The number of hydrogen-bond acceptors (Lipinski definition) is 0. The summed E-state index contributed by atoms with van der Waals surface area (Å²) >= 11 is 0. The Morgan fingerprint density at radius 3 is 1.00 bits per heavy atom. The van der Waals surface area contributed by atoms with E-state index in [9.17, 15) is 0 Å². The van der Waals surface area contributed by atoms with Crippen molar-refractivity contribution in [3.63, 3.8) is 0 Å². The molecule has 0 aromatic carbocycles. The molecule has 0 unspecified atom stereocenters.